The van der Waals surface area contributed by atoms with E-state index in [4.69, 9.17) is 14.2 Å². The highest BCUT2D eigenvalue weighted by atomic mass is 32.2. The van der Waals surface area contributed by atoms with Gasteiger partial charge in [0.2, 0.25) is 0 Å². The van der Waals surface area contributed by atoms with Crippen molar-refractivity contribution in [3.8, 4) is 17.2 Å². The Hall–Kier alpha value is -3.36. The van der Waals surface area contributed by atoms with Crippen molar-refractivity contribution in [2.45, 2.75) is 30.9 Å². The predicted octanol–water partition coefficient (Wildman–Crippen LogP) is 5.55. The molecule has 0 atom stereocenters. The molecule has 8 heteroatoms. The number of thioether (sulfide) groups is 1. The molecule has 0 fully saturated rings. The lowest BCUT2D eigenvalue weighted by atomic mass is 10.1. The molecule has 0 saturated carbocycles. The smallest absolute Gasteiger partial charge is 0.196 e. The van der Waals surface area contributed by atoms with Crippen LogP contribution >= 0.6 is 11.8 Å². The van der Waals surface area contributed by atoms with E-state index in [1.807, 2.05) is 54.0 Å². The fraction of sp³-hybridized carbons (Fsp3) is 0.231. The van der Waals surface area contributed by atoms with Gasteiger partial charge in [0, 0.05) is 29.0 Å². The van der Waals surface area contributed by atoms with Crippen LogP contribution in [0, 0.1) is 5.82 Å². The summed E-state index contributed by atoms with van der Waals surface area (Å²) in [6.45, 7) is 3.08. The summed E-state index contributed by atoms with van der Waals surface area (Å²) < 4.78 is 32.8. The van der Waals surface area contributed by atoms with E-state index in [0.717, 1.165) is 39.1 Å². The summed E-state index contributed by atoms with van der Waals surface area (Å²) in [5.41, 5.74) is 3.58. The summed E-state index contributed by atoms with van der Waals surface area (Å²) >= 11 is 1.49. The van der Waals surface area contributed by atoms with Crippen molar-refractivity contribution in [2.75, 3.05) is 13.4 Å². The molecule has 34 heavy (non-hydrogen) atoms. The van der Waals surface area contributed by atoms with Gasteiger partial charge in [0.05, 0.1) is 13.2 Å². The molecule has 6 nitrogen and oxygen atoms in total. The Bertz CT molecular complexity index is 1260. The summed E-state index contributed by atoms with van der Waals surface area (Å²) in [5.74, 6) is 2.51. The minimum absolute atomic E-state index is 0.167. The van der Waals surface area contributed by atoms with Crippen LogP contribution in [0.25, 0.3) is 5.69 Å². The van der Waals surface area contributed by atoms with Gasteiger partial charge in [0.1, 0.15) is 23.1 Å². The van der Waals surface area contributed by atoms with Crippen LogP contribution in [0.5, 0.6) is 11.5 Å². The van der Waals surface area contributed by atoms with Crippen LogP contribution in [0.1, 0.15) is 29.4 Å². The van der Waals surface area contributed by atoms with Crippen molar-refractivity contribution in [1.82, 2.24) is 14.8 Å². The van der Waals surface area contributed by atoms with Crippen molar-refractivity contribution in [3.05, 3.63) is 95.1 Å². The van der Waals surface area contributed by atoms with E-state index in [1.165, 1.54) is 23.9 Å². The van der Waals surface area contributed by atoms with Gasteiger partial charge in [-0.25, -0.2) is 4.39 Å². The van der Waals surface area contributed by atoms with Gasteiger partial charge in [0.25, 0.3) is 0 Å². The molecule has 0 N–H and O–H groups in total. The minimum atomic E-state index is -0.304. The first-order chi connectivity index (χ1) is 16.7. The number of aromatic nitrogens is 3. The number of ether oxygens (including phenoxy) is 3. The van der Waals surface area contributed by atoms with Crippen LogP contribution < -0.4 is 9.47 Å². The number of hydrogen-bond donors (Lipinski definition) is 0. The Morgan fingerprint density at radius 2 is 1.88 bits per heavy atom. The summed E-state index contributed by atoms with van der Waals surface area (Å²) in [6.07, 6.45) is 0.636. The summed E-state index contributed by atoms with van der Waals surface area (Å²) in [4.78, 5) is 0. The van der Waals surface area contributed by atoms with Gasteiger partial charge in [-0.2, -0.15) is 0 Å². The standard InChI is InChI=1S/C26H24FN3O3S/c1-2-32-23-10-8-22(9-11-23)30-24(12-18-6-4-3-5-7-18)28-29-26(30)34-16-20-14-21(27)13-19-15-31-17-33-25(19)20/h3-11,13-14H,2,12,15-17H2,1H3. The third-order valence-corrected chi connectivity index (χ3v) is 6.40. The molecule has 1 aliphatic heterocycles. The van der Waals surface area contributed by atoms with Crippen LogP contribution in [0.15, 0.2) is 71.9 Å². The first kappa shape index (κ1) is 22.4. The molecular weight excluding hydrogens is 453 g/mol. The molecule has 1 aromatic heterocycles. The van der Waals surface area contributed by atoms with Crippen molar-refractivity contribution in [1.29, 1.82) is 0 Å². The average Bonchev–Trinajstić information content (AvgIpc) is 3.26. The third kappa shape index (κ3) is 4.93. The Kier molecular flexibility index (Phi) is 6.78. The van der Waals surface area contributed by atoms with Crippen LogP contribution in [-0.2, 0) is 23.5 Å². The molecule has 0 spiro atoms. The topological polar surface area (TPSA) is 58.4 Å². The van der Waals surface area contributed by atoms with Gasteiger partial charge < -0.3 is 14.2 Å². The number of rotatable bonds is 8. The van der Waals surface area contributed by atoms with E-state index in [1.54, 1.807) is 0 Å². The van der Waals surface area contributed by atoms with Crippen LogP contribution in [0.2, 0.25) is 0 Å². The first-order valence-electron chi connectivity index (χ1n) is 11.1. The molecule has 0 unspecified atom stereocenters. The highest BCUT2D eigenvalue weighted by Crippen LogP contribution is 2.34. The quantitative estimate of drug-likeness (QED) is 0.310. The lowest BCUT2D eigenvalue weighted by Crippen LogP contribution is -2.13. The summed E-state index contributed by atoms with van der Waals surface area (Å²) in [5, 5.41) is 9.70. The fourth-order valence-corrected chi connectivity index (χ4v) is 4.85. The first-order valence-corrected chi connectivity index (χ1v) is 12.1. The molecule has 0 saturated heterocycles. The molecule has 174 valence electrons. The Morgan fingerprint density at radius 1 is 1.06 bits per heavy atom. The monoisotopic (exact) mass is 477 g/mol. The number of benzene rings is 3. The fourth-order valence-electron chi connectivity index (χ4n) is 3.91. The molecule has 5 rings (SSSR count). The second-order valence-electron chi connectivity index (χ2n) is 7.78. The maximum atomic E-state index is 14.2. The molecule has 0 bridgehead atoms. The van der Waals surface area contributed by atoms with E-state index < -0.39 is 0 Å². The normalized spacial score (nSPS) is 12.8. The number of hydrogen-bond acceptors (Lipinski definition) is 6. The molecule has 0 radical (unpaired) electrons. The van der Waals surface area contributed by atoms with E-state index in [9.17, 15) is 4.39 Å². The predicted molar refractivity (Wildman–Crippen MR) is 128 cm³/mol. The molecular formula is C26H24FN3O3S. The second kappa shape index (κ2) is 10.3. The zero-order valence-corrected chi connectivity index (χ0v) is 19.6. The Morgan fingerprint density at radius 3 is 2.68 bits per heavy atom. The van der Waals surface area contributed by atoms with Gasteiger partial charge in [0.15, 0.2) is 11.9 Å². The highest BCUT2D eigenvalue weighted by Gasteiger charge is 2.20. The molecule has 2 heterocycles. The van der Waals surface area contributed by atoms with E-state index in [-0.39, 0.29) is 12.6 Å². The zero-order valence-electron chi connectivity index (χ0n) is 18.7. The van der Waals surface area contributed by atoms with E-state index >= 15 is 0 Å². The lowest BCUT2D eigenvalue weighted by Gasteiger charge is -2.20. The van der Waals surface area contributed by atoms with Crippen molar-refractivity contribution < 1.29 is 18.6 Å². The highest BCUT2D eigenvalue weighted by molar-refractivity contribution is 7.98. The SMILES string of the molecule is CCOc1ccc(-n2c(Cc3ccccc3)nnc2SCc2cc(F)cc3c2OCOC3)cc1. The molecule has 4 aromatic rings. The summed E-state index contributed by atoms with van der Waals surface area (Å²) in [6, 6.07) is 21.0. The largest absolute Gasteiger partial charge is 0.494 e. The van der Waals surface area contributed by atoms with E-state index in [0.29, 0.717) is 31.1 Å². The molecule has 1 aliphatic rings. The molecule has 3 aromatic carbocycles. The number of nitrogens with zero attached hydrogens (tertiary/aromatic N) is 3. The number of halogens is 1. The number of fused-ring (bicyclic) bond motifs is 1. The maximum Gasteiger partial charge on any atom is 0.196 e. The molecule has 0 amide bonds. The van der Waals surface area contributed by atoms with Gasteiger partial charge in [-0.15, -0.1) is 10.2 Å². The Labute approximate surface area is 201 Å². The third-order valence-electron chi connectivity index (χ3n) is 5.42. The van der Waals surface area contributed by atoms with Crippen LogP contribution in [0.4, 0.5) is 4.39 Å². The average molecular weight is 478 g/mol. The van der Waals surface area contributed by atoms with E-state index in [2.05, 4.69) is 22.3 Å². The van der Waals surface area contributed by atoms with Crippen molar-refractivity contribution >= 4 is 11.8 Å². The minimum Gasteiger partial charge on any atom is -0.494 e. The second-order valence-corrected chi connectivity index (χ2v) is 8.72. The van der Waals surface area contributed by atoms with Crippen LogP contribution in [-0.4, -0.2) is 28.2 Å². The van der Waals surface area contributed by atoms with Gasteiger partial charge in [-0.3, -0.25) is 4.57 Å². The Balaban J connectivity index is 1.47. The molecule has 0 aliphatic carbocycles. The maximum absolute atomic E-state index is 14.2. The zero-order chi connectivity index (χ0) is 23.3. The van der Waals surface area contributed by atoms with Gasteiger partial charge >= 0.3 is 0 Å². The van der Waals surface area contributed by atoms with Crippen molar-refractivity contribution in [3.63, 3.8) is 0 Å². The van der Waals surface area contributed by atoms with Crippen LogP contribution in [0.3, 0.4) is 0 Å². The summed E-state index contributed by atoms with van der Waals surface area (Å²) in [7, 11) is 0. The van der Waals surface area contributed by atoms with Gasteiger partial charge in [-0.1, -0.05) is 42.1 Å². The lowest BCUT2D eigenvalue weighted by molar-refractivity contribution is -0.0171. The van der Waals surface area contributed by atoms with Crippen molar-refractivity contribution in [2.24, 2.45) is 0 Å². The van der Waals surface area contributed by atoms with Gasteiger partial charge in [-0.05, 0) is 48.9 Å².